The Morgan fingerprint density at radius 1 is 0.789 bits per heavy atom. The highest BCUT2D eigenvalue weighted by atomic mass is 15.2. The van der Waals surface area contributed by atoms with Gasteiger partial charge in [0, 0.05) is 25.0 Å². The number of hydrogen-bond acceptors (Lipinski definition) is 3. The summed E-state index contributed by atoms with van der Waals surface area (Å²) >= 11 is 0. The van der Waals surface area contributed by atoms with Crippen molar-refractivity contribution in [2.75, 3.05) is 19.0 Å². The molecule has 94 valence electrons. The van der Waals surface area contributed by atoms with E-state index in [0.29, 0.717) is 0 Å². The van der Waals surface area contributed by atoms with E-state index < -0.39 is 0 Å². The lowest BCUT2D eigenvalue weighted by atomic mass is 10.1. The van der Waals surface area contributed by atoms with Gasteiger partial charge < -0.3 is 4.90 Å². The molecule has 0 aliphatic rings. The second-order valence-electron chi connectivity index (χ2n) is 4.65. The van der Waals surface area contributed by atoms with Crippen LogP contribution >= 0.6 is 0 Å². The van der Waals surface area contributed by atoms with Crippen molar-refractivity contribution in [1.82, 2.24) is 9.97 Å². The Balaban J connectivity index is 2.33. The molecule has 0 atom stereocenters. The molecule has 0 spiro atoms. The molecule has 0 unspecified atom stereocenters. The van der Waals surface area contributed by atoms with Gasteiger partial charge in [-0.15, -0.1) is 0 Å². The van der Waals surface area contributed by atoms with Crippen LogP contribution in [0.25, 0.3) is 22.2 Å². The van der Waals surface area contributed by atoms with Gasteiger partial charge in [-0.05, 0) is 6.07 Å². The summed E-state index contributed by atoms with van der Waals surface area (Å²) in [7, 11) is 3.91. The summed E-state index contributed by atoms with van der Waals surface area (Å²) in [4.78, 5) is 11.2. The normalized spacial score (nSPS) is 10.6. The number of nitrogens with zero attached hydrogens (tertiary/aromatic N) is 3. The largest absolute Gasteiger partial charge is 0.347 e. The third-order valence-electron chi connectivity index (χ3n) is 3.04. The summed E-state index contributed by atoms with van der Waals surface area (Å²) in [6.45, 7) is 0. The molecule has 1 heterocycles. The lowest BCUT2D eigenvalue weighted by Gasteiger charge is -2.13. The second kappa shape index (κ2) is 4.69. The van der Waals surface area contributed by atoms with Crippen molar-refractivity contribution in [1.29, 1.82) is 0 Å². The van der Waals surface area contributed by atoms with Crippen LogP contribution in [0, 0.1) is 0 Å². The van der Waals surface area contributed by atoms with Crippen LogP contribution < -0.4 is 4.90 Å². The van der Waals surface area contributed by atoms with E-state index in [0.717, 1.165) is 28.1 Å². The van der Waals surface area contributed by atoms with E-state index in [1.807, 2.05) is 55.4 Å². The van der Waals surface area contributed by atoms with Crippen LogP contribution in [0.15, 0.2) is 54.6 Å². The summed E-state index contributed by atoms with van der Waals surface area (Å²) in [5, 5.41) is 1.08. The Hall–Kier alpha value is -2.42. The molecule has 3 rings (SSSR count). The number of rotatable bonds is 2. The first kappa shape index (κ1) is 11.7. The van der Waals surface area contributed by atoms with Gasteiger partial charge in [-0.2, -0.15) is 0 Å². The number of para-hydroxylation sites is 1. The molecule has 0 fully saturated rings. The monoisotopic (exact) mass is 249 g/mol. The lowest BCUT2D eigenvalue weighted by Crippen LogP contribution is -2.13. The summed E-state index contributed by atoms with van der Waals surface area (Å²) < 4.78 is 0. The SMILES string of the molecule is CN(C)c1nc(-c2ccccc2)c2ccccc2n1. The van der Waals surface area contributed by atoms with Gasteiger partial charge in [0.1, 0.15) is 0 Å². The Labute approximate surface area is 112 Å². The Kier molecular flexibility index (Phi) is 2.88. The molecule has 2 aromatic carbocycles. The topological polar surface area (TPSA) is 29.0 Å². The first-order valence-electron chi connectivity index (χ1n) is 6.25. The van der Waals surface area contributed by atoms with Crippen molar-refractivity contribution >= 4 is 16.9 Å². The Morgan fingerprint density at radius 2 is 1.47 bits per heavy atom. The molecule has 3 heteroatoms. The maximum absolute atomic E-state index is 4.69. The number of aromatic nitrogens is 2. The van der Waals surface area contributed by atoms with Crippen molar-refractivity contribution in [3.63, 3.8) is 0 Å². The number of hydrogen-bond donors (Lipinski definition) is 0. The van der Waals surface area contributed by atoms with E-state index in [4.69, 9.17) is 0 Å². The molecule has 0 saturated heterocycles. The van der Waals surface area contributed by atoms with Gasteiger partial charge >= 0.3 is 0 Å². The minimum atomic E-state index is 0.734. The first-order chi connectivity index (χ1) is 9.25. The molecule has 0 amide bonds. The van der Waals surface area contributed by atoms with Crippen LogP contribution in [0.2, 0.25) is 0 Å². The fourth-order valence-corrected chi connectivity index (χ4v) is 2.08. The fraction of sp³-hybridized carbons (Fsp3) is 0.125. The van der Waals surface area contributed by atoms with Crippen LogP contribution in [0.5, 0.6) is 0 Å². The summed E-state index contributed by atoms with van der Waals surface area (Å²) in [6.07, 6.45) is 0. The average Bonchev–Trinajstić information content (AvgIpc) is 2.47. The van der Waals surface area contributed by atoms with E-state index in [9.17, 15) is 0 Å². The maximum Gasteiger partial charge on any atom is 0.225 e. The van der Waals surface area contributed by atoms with Gasteiger partial charge in [-0.25, -0.2) is 9.97 Å². The van der Waals surface area contributed by atoms with Gasteiger partial charge in [0.05, 0.1) is 11.2 Å². The Morgan fingerprint density at radius 3 is 2.21 bits per heavy atom. The molecule has 3 nitrogen and oxygen atoms in total. The zero-order valence-corrected chi connectivity index (χ0v) is 11.0. The van der Waals surface area contributed by atoms with Crippen LogP contribution in [0.4, 0.5) is 5.95 Å². The first-order valence-corrected chi connectivity index (χ1v) is 6.25. The van der Waals surface area contributed by atoms with E-state index >= 15 is 0 Å². The molecule has 0 N–H and O–H groups in total. The van der Waals surface area contributed by atoms with Gasteiger partial charge in [0.2, 0.25) is 5.95 Å². The van der Waals surface area contributed by atoms with E-state index in [2.05, 4.69) is 28.2 Å². The van der Waals surface area contributed by atoms with E-state index in [-0.39, 0.29) is 0 Å². The van der Waals surface area contributed by atoms with Gasteiger partial charge in [-0.3, -0.25) is 0 Å². The molecule has 0 radical (unpaired) electrons. The van der Waals surface area contributed by atoms with Crippen molar-refractivity contribution in [2.45, 2.75) is 0 Å². The minimum absolute atomic E-state index is 0.734. The van der Waals surface area contributed by atoms with E-state index in [1.165, 1.54) is 0 Å². The molecule has 0 aliphatic heterocycles. The highest BCUT2D eigenvalue weighted by Gasteiger charge is 2.09. The summed E-state index contributed by atoms with van der Waals surface area (Å²) in [5.41, 5.74) is 3.07. The van der Waals surface area contributed by atoms with Crippen LogP contribution in [-0.4, -0.2) is 24.1 Å². The van der Waals surface area contributed by atoms with Crippen LogP contribution in [0.3, 0.4) is 0 Å². The van der Waals surface area contributed by atoms with Gasteiger partial charge in [0.25, 0.3) is 0 Å². The molecule has 1 aromatic heterocycles. The third-order valence-corrected chi connectivity index (χ3v) is 3.04. The van der Waals surface area contributed by atoms with Gasteiger partial charge in [-0.1, -0.05) is 48.5 Å². The summed E-state index contributed by atoms with van der Waals surface area (Å²) in [5.74, 6) is 0.734. The minimum Gasteiger partial charge on any atom is -0.347 e. The molecule has 0 saturated carbocycles. The molecule has 0 aliphatic carbocycles. The van der Waals surface area contributed by atoms with Crippen molar-refractivity contribution < 1.29 is 0 Å². The quantitative estimate of drug-likeness (QED) is 0.697. The molecule has 19 heavy (non-hydrogen) atoms. The number of anilines is 1. The lowest BCUT2D eigenvalue weighted by molar-refractivity contribution is 1.02. The average molecular weight is 249 g/mol. The zero-order chi connectivity index (χ0) is 13.2. The van der Waals surface area contributed by atoms with Crippen molar-refractivity contribution in [2.24, 2.45) is 0 Å². The highest BCUT2D eigenvalue weighted by molar-refractivity contribution is 5.93. The summed E-state index contributed by atoms with van der Waals surface area (Å²) in [6, 6.07) is 18.3. The number of benzene rings is 2. The standard InChI is InChI=1S/C16H15N3/c1-19(2)16-17-14-11-7-6-10-13(14)15(18-16)12-8-4-3-5-9-12/h3-11H,1-2H3. The molecule has 3 aromatic rings. The van der Waals surface area contributed by atoms with Crippen molar-refractivity contribution in [3.8, 4) is 11.3 Å². The zero-order valence-electron chi connectivity index (χ0n) is 11.0. The predicted molar refractivity (Wildman–Crippen MR) is 79.3 cm³/mol. The molecular weight excluding hydrogens is 234 g/mol. The smallest absolute Gasteiger partial charge is 0.225 e. The molecule has 0 bridgehead atoms. The van der Waals surface area contributed by atoms with E-state index in [1.54, 1.807) is 0 Å². The van der Waals surface area contributed by atoms with Gasteiger partial charge in [0.15, 0.2) is 0 Å². The number of fused-ring (bicyclic) bond motifs is 1. The highest BCUT2D eigenvalue weighted by Crippen LogP contribution is 2.27. The van der Waals surface area contributed by atoms with Crippen LogP contribution in [0.1, 0.15) is 0 Å². The predicted octanol–water partition coefficient (Wildman–Crippen LogP) is 3.36. The molecular formula is C16H15N3. The second-order valence-corrected chi connectivity index (χ2v) is 4.65. The third kappa shape index (κ3) is 2.15. The fourth-order valence-electron chi connectivity index (χ4n) is 2.08. The van der Waals surface area contributed by atoms with Crippen molar-refractivity contribution in [3.05, 3.63) is 54.6 Å². The maximum atomic E-state index is 4.69. The Bertz CT molecular complexity index is 706. The van der Waals surface area contributed by atoms with Crippen LogP contribution in [-0.2, 0) is 0 Å².